The third kappa shape index (κ3) is 5.56. The van der Waals surface area contributed by atoms with Crippen LogP contribution in [0.3, 0.4) is 0 Å². The van der Waals surface area contributed by atoms with Crippen LogP contribution >= 0.6 is 0 Å². The van der Waals surface area contributed by atoms with Gasteiger partial charge in [-0.05, 0) is 44.5 Å². The highest BCUT2D eigenvalue weighted by molar-refractivity contribution is 5.74. The van der Waals surface area contributed by atoms with Gasteiger partial charge in [0.1, 0.15) is 0 Å². The first-order valence-electron chi connectivity index (χ1n) is 8.44. The molecule has 2 aromatic rings. The molecule has 2 aromatic heterocycles. The first kappa shape index (κ1) is 18.9. The Labute approximate surface area is 149 Å². The van der Waals surface area contributed by atoms with Gasteiger partial charge in [0.25, 0.3) is 0 Å². The van der Waals surface area contributed by atoms with E-state index in [0.717, 1.165) is 17.0 Å². The smallest absolute Gasteiger partial charge is 0.317 e. The van der Waals surface area contributed by atoms with Crippen molar-refractivity contribution in [3.8, 4) is 0 Å². The number of amides is 2. The number of rotatable bonds is 8. The van der Waals surface area contributed by atoms with Gasteiger partial charge >= 0.3 is 6.03 Å². The van der Waals surface area contributed by atoms with E-state index in [9.17, 15) is 4.79 Å². The molecule has 7 heteroatoms. The number of aryl methyl sites for hydroxylation is 2. The number of carbonyl (C=O) groups excluding carboxylic acids is 1. The number of nitrogens with zero attached hydrogens (tertiary/aromatic N) is 4. The molecule has 0 unspecified atom stereocenters. The number of hydrogen-bond donors (Lipinski definition) is 1. The van der Waals surface area contributed by atoms with Crippen LogP contribution in [-0.2, 0) is 11.3 Å². The van der Waals surface area contributed by atoms with Crippen molar-refractivity contribution in [3.05, 3.63) is 47.5 Å². The average Bonchev–Trinajstić information content (AvgIpc) is 2.95. The summed E-state index contributed by atoms with van der Waals surface area (Å²) in [6.07, 6.45) is 3.46. The van der Waals surface area contributed by atoms with E-state index in [4.69, 9.17) is 4.74 Å². The number of hydrogen-bond acceptors (Lipinski definition) is 4. The zero-order chi connectivity index (χ0) is 18.2. The first-order chi connectivity index (χ1) is 12.0. The van der Waals surface area contributed by atoms with Gasteiger partial charge in [-0.3, -0.25) is 9.67 Å². The molecule has 25 heavy (non-hydrogen) atoms. The van der Waals surface area contributed by atoms with Crippen molar-refractivity contribution in [2.45, 2.75) is 33.4 Å². The summed E-state index contributed by atoms with van der Waals surface area (Å²) in [5.74, 6) is 0. The number of pyridine rings is 1. The minimum absolute atomic E-state index is 0.0860. The largest absolute Gasteiger partial charge is 0.383 e. The Morgan fingerprint density at radius 2 is 2.08 bits per heavy atom. The van der Waals surface area contributed by atoms with Gasteiger partial charge in [-0.2, -0.15) is 5.10 Å². The molecule has 0 saturated heterocycles. The molecule has 0 saturated carbocycles. The van der Waals surface area contributed by atoms with Crippen molar-refractivity contribution in [1.82, 2.24) is 25.0 Å². The zero-order valence-electron chi connectivity index (χ0n) is 15.4. The van der Waals surface area contributed by atoms with Crippen molar-refractivity contribution >= 4 is 6.03 Å². The molecule has 0 bridgehead atoms. The Morgan fingerprint density at radius 1 is 1.36 bits per heavy atom. The van der Waals surface area contributed by atoms with Crippen LogP contribution < -0.4 is 5.32 Å². The summed E-state index contributed by atoms with van der Waals surface area (Å²) in [5, 5.41) is 7.48. The van der Waals surface area contributed by atoms with E-state index in [1.165, 1.54) is 0 Å². The number of carbonyl (C=O) groups is 1. The van der Waals surface area contributed by atoms with Crippen molar-refractivity contribution in [2.75, 3.05) is 26.8 Å². The van der Waals surface area contributed by atoms with E-state index < -0.39 is 0 Å². The second-order valence-corrected chi connectivity index (χ2v) is 6.18. The third-order valence-electron chi connectivity index (χ3n) is 3.99. The van der Waals surface area contributed by atoms with E-state index in [1.54, 1.807) is 24.4 Å². The summed E-state index contributed by atoms with van der Waals surface area (Å²) in [6.45, 7) is 8.09. The first-order valence-corrected chi connectivity index (χ1v) is 8.44. The van der Waals surface area contributed by atoms with Crippen LogP contribution in [0.5, 0.6) is 0 Å². The number of nitrogens with one attached hydrogen (secondary N) is 1. The molecule has 0 spiro atoms. The van der Waals surface area contributed by atoms with Gasteiger partial charge in [0, 0.05) is 44.8 Å². The van der Waals surface area contributed by atoms with Gasteiger partial charge in [0.2, 0.25) is 0 Å². The van der Waals surface area contributed by atoms with E-state index in [2.05, 4.69) is 15.4 Å². The van der Waals surface area contributed by atoms with Crippen LogP contribution in [0.4, 0.5) is 4.79 Å². The molecule has 0 aliphatic carbocycles. The summed E-state index contributed by atoms with van der Waals surface area (Å²) in [5.41, 5.74) is 3.11. The minimum Gasteiger partial charge on any atom is -0.383 e. The summed E-state index contributed by atoms with van der Waals surface area (Å²) in [4.78, 5) is 18.3. The molecule has 1 N–H and O–H groups in total. The fraction of sp³-hybridized carbons (Fsp3) is 0.500. The maximum atomic E-state index is 12.6. The van der Waals surface area contributed by atoms with Gasteiger partial charge in [-0.25, -0.2) is 4.79 Å². The van der Waals surface area contributed by atoms with Gasteiger partial charge in [0.15, 0.2) is 0 Å². The molecule has 0 aliphatic rings. The lowest BCUT2D eigenvalue weighted by Gasteiger charge is -2.24. The van der Waals surface area contributed by atoms with E-state index in [1.807, 2.05) is 43.7 Å². The highest BCUT2D eigenvalue weighted by Crippen LogP contribution is 2.10. The molecule has 7 nitrogen and oxygen atoms in total. The summed E-state index contributed by atoms with van der Waals surface area (Å²) >= 11 is 0. The monoisotopic (exact) mass is 345 g/mol. The Bertz CT molecular complexity index is 671. The zero-order valence-corrected chi connectivity index (χ0v) is 15.4. The second kappa shape index (κ2) is 9.17. The van der Waals surface area contributed by atoms with Gasteiger partial charge in [-0.1, -0.05) is 0 Å². The number of methoxy groups -OCH3 is 1. The molecule has 0 aliphatic heterocycles. The standard InChI is InChI=1S/C18H27N5O2/c1-14-11-15(2)23(21-14)16(3)12-20-18(24)22(9-10-25-4)13-17-5-7-19-8-6-17/h5-8,11,16H,9-10,12-13H2,1-4H3,(H,20,24)/t16-/m1/s1. The Hall–Kier alpha value is -2.41. The Kier molecular flexibility index (Phi) is 6.94. The molecular weight excluding hydrogens is 318 g/mol. The SMILES string of the molecule is COCCN(Cc1ccncc1)C(=O)NC[C@@H](C)n1nc(C)cc1C. The van der Waals surface area contributed by atoms with Crippen LogP contribution in [0.2, 0.25) is 0 Å². The van der Waals surface area contributed by atoms with Crippen molar-refractivity contribution in [2.24, 2.45) is 0 Å². The lowest BCUT2D eigenvalue weighted by Crippen LogP contribution is -2.43. The summed E-state index contributed by atoms with van der Waals surface area (Å²) in [7, 11) is 1.63. The predicted octanol–water partition coefficient (Wildman–Crippen LogP) is 2.31. The molecule has 136 valence electrons. The summed E-state index contributed by atoms with van der Waals surface area (Å²) < 4.78 is 7.07. The fourth-order valence-corrected chi connectivity index (χ4v) is 2.69. The van der Waals surface area contributed by atoms with Crippen molar-refractivity contribution in [3.63, 3.8) is 0 Å². The topological polar surface area (TPSA) is 72.3 Å². The lowest BCUT2D eigenvalue weighted by atomic mass is 10.2. The van der Waals surface area contributed by atoms with Crippen LogP contribution in [0, 0.1) is 13.8 Å². The van der Waals surface area contributed by atoms with Crippen LogP contribution in [0.15, 0.2) is 30.6 Å². The van der Waals surface area contributed by atoms with Gasteiger partial charge in [-0.15, -0.1) is 0 Å². The van der Waals surface area contributed by atoms with Crippen molar-refractivity contribution < 1.29 is 9.53 Å². The number of ether oxygens (including phenoxy) is 1. The fourth-order valence-electron chi connectivity index (χ4n) is 2.69. The Balaban J connectivity index is 1.95. The molecule has 2 amide bonds. The quantitative estimate of drug-likeness (QED) is 0.797. The number of urea groups is 1. The van der Waals surface area contributed by atoms with E-state index in [-0.39, 0.29) is 12.1 Å². The van der Waals surface area contributed by atoms with Crippen molar-refractivity contribution in [1.29, 1.82) is 0 Å². The highest BCUT2D eigenvalue weighted by Gasteiger charge is 2.16. The highest BCUT2D eigenvalue weighted by atomic mass is 16.5. The van der Waals surface area contributed by atoms with Crippen LogP contribution in [0.25, 0.3) is 0 Å². The number of aromatic nitrogens is 3. The van der Waals surface area contributed by atoms with Gasteiger partial charge < -0.3 is 15.0 Å². The molecule has 0 fully saturated rings. The molecule has 2 rings (SSSR count). The third-order valence-corrected chi connectivity index (χ3v) is 3.99. The normalized spacial score (nSPS) is 12.0. The van der Waals surface area contributed by atoms with Gasteiger partial charge in [0.05, 0.1) is 18.3 Å². The van der Waals surface area contributed by atoms with E-state index in [0.29, 0.717) is 26.2 Å². The summed E-state index contributed by atoms with van der Waals surface area (Å²) in [6, 6.07) is 5.83. The maximum Gasteiger partial charge on any atom is 0.317 e. The maximum absolute atomic E-state index is 12.6. The molecular formula is C18H27N5O2. The molecule has 0 radical (unpaired) electrons. The van der Waals surface area contributed by atoms with Crippen LogP contribution in [-0.4, -0.2) is 52.5 Å². The molecule has 2 heterocycles. The minimum atomic E-state index is -0.109. The van der Waals surface area contributed by atoms with E-state index >= 15 is 0 Å². The Morgan fingerprint density at radius 3 is 2.68 bits per heavy atom. The van der Waals surface area contributed by atoms with Crippen LogP contribution in [0.1, 0.15) is 29.9 Å². The predicted molar refractivity (Wildman–Crippen MR) is 96.3 cm³/mol. The lowest BCUT2D eigenvalue weighted by molar-refractivity contribution is 0.146. The molecule has 1 atom stereocenters. The second-order valence-electron chi connectivity index (χ2n) is 6.18. The molecule has 0 aromatic carbocycles. The average molecular weight is 345 g/mol.